The van der Waals surface area contributed by atoms with Gasteiger partial charge in [0.05, 0.1) is 6.04 Å². The van der Waals surface area contributed by atoms with E-state index in [1.165, 1.54) is 5.56 Å². The van der Waals surface area contributed by atoms with Gasteiger partial charge in [-0.3, -0.25) is 10.1 Å². The molecule has 1 N–H and O–H groups in total. The van der Waals surface area contributed by atoms with Crippen molar-refractivity contribution in [3.63, 3.8) is 0 Å². The minimum atomic E-state index is -0.0401. The number of thiophene rings is 1. The summed E-state index contributed by atoms with van der Waals surface area (Å²) in [5, 5.41) is 7.69. The van der Waals surface area contributed by atoms with Crippen molar-refractivity contribution in [2.75, 3.05) is 20.6 Å². The molecule has 5 heteroatoms. The van der Waals surface area contributed by atoms with E-state index in [-0.39, 0.29) is 24.2 Å². The van der Waals surface area contributed by atoms with Gasteiger partial charge in [0.1, 0.15) is 6.17 Å². The molecule has 0 radical (unpaired) electrons. The largest absolute Gasteiger partial charge is 0.319 e. The first-order chi connectivity index (χ1) is 9.54. The van der Waals surface area contributed by atoms with E-state index in [2.05, 4.69) is 55.0 Å². The highest BCUT2D eigenvalue weighted by atomic mass is 32.1. The van der Waals surface area contributed by atoms with Gasteiger partial charge >= 0.3 is 0 Å². The zero-order valence-electron chi connectivity index (χ0n) is 12.8. The third-order valence-corrected chi connectivity index (χ3v) is 4.63. The number of amides is 1. The monoisotopic (exact) mass is 295 g/mol. The number of carbonyl (C=O) groups is 1. The van der Waals surface area contributed by atoms with Gasteiger partial charge < -0.3 is 9.80 Å². The van der Waals surface area contributed by atoms with Gasteiger partial charge in [-0.15, -0.1) is 0 Å². The molecule has 20 heavy (non-hydrogen) atoms. The Hall–Kier alpha value is -0.910. The van der Waals surface area contributed by atoms with Crippen LogP contribution < -0.4 is 5.32 Å². The Kier molecular flexibility index (Phi) is 5.18. The van der Waals surface area contributed by atoms with Crippen molar-refractivity contribution in [1.29, 1.82) is 0 Å². The minimum absolute atomic E-state index is 0.0378. The Morgan fingerprint density at radius 1 is 1.50 bits per heavy atom. The molecule has 1 aliphatic heterocycles. The summed E-state index contributed by atoms with van der Waals surface area (Å²) >= 11 is 1.68. The van der Waals surface area contributed by atoms with Crippen LogP contribution in [-0.2, 0) is 4.79 Å². The Morgan fingerprint density at radius 2 is 2.25 bits per heavy atom. The lowest BCUT2D eigenvalue weighted by atomic mass is 10.1. The SMILES string of the molecule is CCC1NC(c2ccsc2)N(C(C)CCN(C)C)C1=O. The Morgan fingerprint density at radius 3 is 2.80 bits per heavy atom. The second-order valence-corrected chi connectivity index (χ2v) is 6.55. The van der Waals surface area contributed by atoms with E-state index in [1.807, 2.05) is 4.90 Å². The van der Waals surface area contributed by atoms with Crippen molar-refractivity contribution in [2.24, 2.45) is 0 Å². The molecular formula is C15H25N3OS. The molecule has 3 atom stereocenters. The summed E-state index contributed by atoms with van der Waals surface area (Å²) in [7, 11) is 4.14. The van der Waals surface area contributed by atoms with Gasteiger partial charge in [-0.25, -0.2) is 0 Å². The van der Waals surface area contributed by atoms with Gasteiger partial charge in [-0.1, -0.05) is 6.92 Å². The summed E-state index contributed by atoms with van der Waals surface area (Å²) in [6.07, 6.45) is 1.88. The highest BCUT2D eigenvalue weighted by Crippen LogP contribution is 2.30. The third kappa shape index (κ3) is 3.22. The lowest BCUT2D eigenvalue weighted by molar-refractivity contribution is -0.132. The molecule has 1 aromatic rings. The van der Waals surface area contributed by atoms with Crippen LogP contribution in [0.25, 0.3) is 0 Å². The highest BCUT2D eigenvalue weighted by molar-refractivity contribution is 7.07. The number of nitrogens with zero attached hydrogens (tertiary/aromatic N) is 2. The van der Waals surface area contributed by atoms with Gasteiger partial charge in [-0.2, -0.15) is 11.3 Å². The van der Waals surface area contributed by atoms with Crippen LogP contribution in [0.2, 0.25) is 0 Å². The van der Waals surface area contributed by atoms with E-state index >= 15 is 0 Å². The smallest absolute Gasteiger partial charge is 0.241 e. The number of nitrogens with one attached hydrogen (secondary N) is 1. The van der Waals surface area contributed by atoms with E-state index in [4.69, 9.17) is 0 Å². The van der Waals surface area contributed by atoms with Crippen molar-refractivity contribution in [3.8, 4) is 0 Å². The van der Waals surface area contributed by atoms with Crippen molar-refractivity contribution >= 4 is 17.2 Å². The third-order valence-electron chi connectivity index (χ3n) is 3.93. The summed E-state index contributed by atoms with van der Waals surface area (Å²) < 4.78 is 0. The molecule has 3 unspecified atom stereocenters. The highest BCUT2D eigenvalue weighted by Gasteiger charge is 2.40. The lowest BCUT2D eigenvalue weighted by Gasteiger charge is -2.31. The van der Waals surface area contributed by atoms with Crippen LogP contribution in [-0.4, -0.2) is 48.4 Å². The molecule has 4 nitrogen and oxygen atoms in total. The molecule has 0 aliphatic carbocycles. The Balaban J connectivity index is 2.14. The Bertz CT molecular complexity index is 432. The van der Waals surface area contributed by atoms with E-state index in [0.717, 1.165) is 19.4 Å². The fourth-order valence-electron chi connectivity index (χ4n) is 2.69. The summed E-state index contributed by atoms with van der Waals surface area (Å²) in [6.45, 7) is 5.22. The van der Waals surface area contributed by atoms with Gasteiger partial charge in [-0.05, 0) is 62.8 Å². The maximum Gasteiger partial charge on any atom is 0.241 e. The van der Waals surface area contributed by atoms with Crippen LogP contribution in [0.15, 0.2) is 16.8 Å². The van der Waals surface area contributed by atoms with Gasteiger partial charge in [0.2, 0.25) is 5.91 Å². The molecule has 0 spiro atoms. The standard InChI is InChI=1S/C15H25N3OS/c1-5-13-15(19)18(11(2)6-8-17(3)4)14(16-13)12-7-9-20-10-12/h7,9-11,13-14,16H,5-6,8H2,1-4H3. The molecule has 0 aromatic carbocycles. The molecule has 1 amide bonds. The second kappa shape index (κ2) is 6.70. The van der Waals surface area contributed by atoms with Crippen LogP contribution in [0.1, 0.15) is 38.4 Å². The van der Waals surface area contributed by atoms with Gasteiger partial charge in [0.15, 0.2) is 0 Å². The maximum absolute atomic E-state index is 12.6. The first-order valence-electron chi connectivity index (χ1n) is 7.29. The molecule has 0 bridgehead atoms. The Labute approximate surface area is 125 Å². The van der Waals surface area contributed by atoms with Crippen molar-refractivity contribution in [1.82, 2.24) is 15.1 Å². The fourth-order valence-corrected chi connectivity index (χ4v) is 3.36. The predicted molar refractivity (Wildman–Crippen MR) is 83.8 cm³/mol. The average Bonchev–Trinajstić information content (AvgIpc) is 3.03. The zero-order chi connectivity index (χ0) is 14.7. The normalized spacial score (nSPS) is 24.6. The van der Waals surface area contributed by atoms with Crippen molar-refractivity contribution in [2.45, 2.75) is 44.9 Å². The van der Waals surface area contributed by atoms with Crippen molar-refractivity contribution in [3.05, 3.63) is 22.4 Å². The van der Waals surface area contributed by atoms with Crippen molar-refractivity contribution < 1.29 is 4.79 Å². The molecule has 1 fully saturated rings. The minimum Gasteiger partial charge on any atom is -0.319 e. The molecule has 1 aliphatic rings. The number of hydrogen-bond acceptors (Lipinski definition) is 4. The average molecular weight is 295 g/mol. The summed E-state index contributed by atoms with van der Waals surface area (Å²) in [6, 6.07) is 2.32. The predicted octanol–water partition coefficient (Wildman–Crippen LogP) is 2.30. The second-order valence-electron chi connectivity index (χ2n) is 5.77. The molecule has 2 rings (SSSR count). The zero-order valence-corrected chi connectivity index (χ0v) is 13.6. The molecule has 1 aromatic heterocycles. The van der Waals surface area contributed by atoms with Crippen LogP contribution in [0, 0.1) is 0 Å². The van der Waals surface area contributed by atoms with E-state index < -0.39 is 0 Å². The molecule has 0 saturated carbocycles. The number of carbonyl (C=O) groups excluding carboxylic acids is 1. The summed E-state index contributed by atoms with van der Waals surface area (Å²) in [5.41, 5.74) is 1.20. The van der Waals surface area contributed by atoms with Crippen LogP contribution in [0.4, 0.5) is 0 Å². The molecule has 2 heterocycles. The lowest BCUT2D eigenvalue weighted by Crippen LogP contribution is -2.39. The topological polar surface area (TPSA) is 35.6 Å². The molecular weight excluding hydrogens is 270 g/mol. The first kappa shape index (κ1) is 15.5. The number of rotatable bonds is 6. The van der Waals surface area contributed by atoms with E-state index in [9.17, 15) is 4.79 Å². The summed E-state index contributed by atoms with van der Waals surface area (Å²) in [5.74, 6) is 0.245. The number of hydrogen-bond donors (Lipinski definition) is 1. The fraction of sp³-hybridized carbons (Fsp3) is 0.667. The van der Waals surface area contributed by atoms with Gasteiger partial charge in [0.25, 0.3) is 0 Å². The van der Waals surface area contributed by atoms with Crippen LogP contribution >= 0.6 is 11.3 Å². The van der Waals surface area contributed by atoms with Gasteiger partial charge in [0, 0.05) is 6.04 Å². The van der Waals surface area contributed by atoms with E-state index in [1.54, 1.807) is 11.3 Å². The first-order valence-corrected chi connectivity index (χ1v) is 8.24. The van der Waals surface area contributed by atoms with E-state index in [0.29, 0.717) is 0 Å². The summed E-state index contributed by atoms with van der Waals surface area (Å²) in [4.78, 5) is 16.8. The molecule has 112 valence electrons. The van der Waals surface area contributed by atoms with Crippen LogP contribution in [0.5, 0.6) is 0 Å². The molecule has 1 saturated heterocycles. The quantitative estimate of drug-likeness (QED) is 0.875. The maximum atomic E-state index is 12.6. The van der Waals surface area contributed by atoms with Crippen LogP contribution in [0.3, 0.4) is 0 Å².